The SMILES string of the molecule is CCCOc1ccc(C(=O)NC(=S)Nc2cc(C(=O)O)ccc2Cl)cc1. The maximum Gasteiger partial charge on any atom is 0.335 e. The average Bonchev–Trinajstić information content (AvgIpc) is 2.62. The monoisotopic (exact) mass is 392 g/mol. The molecule has 0 aliphatic rings. The highest BCUT2D eigenvalue weighted by atomic mass is 35.5. The Balaban J connectivity index is 2.00. The van der Waals surface area contributed by atoms with Crippen LogP contribution >= 0.6 is 23.8 Å². The molecular weight excluding hydrogens is 376 g/mol. The van der Waals surface area contributed by atoms with E-state index in [1.807, 2.05) is 6.92 Å². The summed E-state index contributed by atoms with van der Waals surface area (Å²) in [6, 6.07) is 10.8. The minimum Gasteiger partial charge on any atom is -0.494 e. The van der Waals surface area contributed by atoms with Gasteiger partial charge >= 0.3 is 5.97 Å². The molecule has 2 aromatic carbocycles. The number of amides is 1. The van der Waals surface area contributed by atoms with Crippen molar-refractivity contribution in [3.8, 4) is 5.75 Å². The Hall–Kier alpha value is -2.64. The van der Waals surface area contributed by atoms with Crippen LogP contribution in [-0.2, 0) is 0 Å². The molecule has 0 aliphatic carbocycles. The first-order chi connectivity index (χ1) is 12.4. The summed E-state index contributed by atoms with van der Waals surface area (Å²) in [5, 5.41) is 14.6. The molecule has 0 aromatic heterocycles. The fraction of sp³-hybridized carbons (Fsp3) is 0.167. The molecule has 0 unspecified atom stereocenters. The number of benzene rings is 2. The van der Waals surface area contributed by atoms with E-state index in [0.717, 1.165) is 6.42 Å². The van der Waals surface area contributed by atoms with Gasteiger partial charge in [0.25, 0.3) is 5.91 Å². The number of carboxylic acids is 1. The number of carbonyl (C=O) groups excluding carboxylic acids is 1. The highest BCUT2D eigenvalue weighted by Gasteiger charge is 2.11. The van der Waals surface area contributed by atoms with Gasteiger partial charge in [0.2, 0.25) is 0 Å². The van der Waals surface area contributed by atoms with Crippen molar-refractivity contribution < 1.29 is 19.4 Å². The van der Waals surface area contributed by atoms with Gasteiger partial charge < -0.3 is 15.2 Å². The van der Waals surface area contributed by atoms with E-state index in [1.54, 1.807) is 24.3 Å². The molecule has 0 saturated heterocycles. The highest BCUT2D eigenvalue weighted by Crippen LogP contribution is 2.23. The van der Waals surface area contributed by atoms with E-state index in [9.17, 15) is 9.59 Å². The largest absolute Gasteiger partial charge is 0.494 e. The predicted molar refractivity (Wildman–Crippen MR) is 104 cm³/mol. The lowest BCUT2D eigenvalue weighted by Crippen LogP contribution is -2.34. The second-order valence-electron chi connectivity index (χ2n) is 5.28. The number of ether oxygens (including phenoxy) is 1. The summed E-state index contributed by atoms with van der Waals surface area (Å²) < 4.78 is 5.46. The van der Waals surface area contributed by atoms with E-state index in [4.69, 9.17) is 33.7 Å². The lowest BCUT2D eigenvalue weighted by atomic mass is 10.2. The topological polar surface area (TPSA) is 87.7 Å². The van der Waals surface area contributed by atoms with Gasteiger partial charge in [-0.1, -0.05) is 18.5 Å². The number of nitrogens with one attached hydrogen (secondary N) is 2. The van der Waals surface area contributed by atoms with Crippen LogP contribution in [0, 0.1) is 0 Å². The van der Waals surface area contributed by atoms with Gasteiger partial charge in [0, 0.05) is 5.56 Å². The molecule has 26 heavy (non-hydrogen) atoms. The second kappa shape index (κ2) is 9.17. The molecule has 136 valence electrons. The van der Waals surface area contributed by atoms with E-state index in [2.05, 4.69) is 10.6 Å². The standard InChI is InChI=1S/C18H17ClN2O4S/c1-2-9-25-13-6-3-11(4-7-13)16(22)21-18(26)20-15-10-12(17(23)24)5-8-14(15)19/h3-8,10H,2,9H2,1H3,(H,23,24)(H2,20,21,22,26). The Kier molecular flexibility index (Phi) is 6.94. The molecule has 0 spiro atoms. The molecule has 3 N–H and O–H groups in total. The van der Waals surface area contributed by atoms with E-state index in [1.165, 1.54) is 18.2 Å². The third kappa shape index (κ3) is 5.44. The summed E-state index contributed by atoms with van der Waals surface area (Å²) in [4.78, 5) is 23.2. The second-order valence-corrected chi connectivity index (χ2v) is 6.10. The number of rotatable bonds is 6. The fourth-order valence-corrected chi connectivity index (χ4v) is 2.37. The zero-order chi connectivity index (χ0) is 19.1. The van der Waals surface area contributed by atoms with Gasteiger partial charge in [-0.15, -0.1) is 0 Å². The van der Waals surface area contributed by atoms with Crippen LogP contribution in [0.3, 0.4) is 0 Å². The van der Waals surface area contributed by atoms with Crippen LogP contribution in [-0.4, -0.2) is 28.7 Å². The van der Waals surface area contributed by atoms with Crippen LogP contribution in [0.5, 0.6) is 5.75 Å². The quantitative estimate of drug-likeness (QED) is 0.645. The molecule has 2 aromatic rings. The molecule has 0 fully saturated rings. The van der Waals surface area contributed by atoms with Gasteiger partial charge in [-0.05, 0) is 61.1 Å². The van der Waals surface area contributed by atoms with Crippen molar-refractivity contribution in [1.29, 1.82) is 0 Å². The van der Waals surface area contributed by atoms with Gasteiger partial charge in [-0.25, -0.2) is 4.79 Å². The van der Waals surface area contributed by atoms with Crippen molar-refractivity contribution >= 4 is 46.5 Å². The molecule has 1 amide bonds. The smallest absolute Gasteiger partial charge is 0.335 e. The summed E-state index contributed by atoms with van der Waals surface area (Å²) in [6.07, 6.45) is 0.897. The van der Waals surface area contributed by atoms with Crippen LogP contribution in [0.15, 0.2) is 42.5 Å². The number of thiocarbonyl (C=S) groups is 1. The van der Waals surface area contributed by atoms with Crippen molar-refractivity contribution in [1.82, 2.24) is 5.32 Å². The maximum absolute atomic E-state index is 12.2. The lowest BCUT2D eigenvalue weighted by Gasteiger charge is -2.12. The first-order valence-electron chi connectivity index (χ1n) is 7.78. The summed E-state index contributed by atoms with van der Waals surface area (Å²) in [6.45, 7) is 2.61. The predicted octanol–water partition coefficient (Wildman–Crippen LogP) is 3.95. The van der Waals surface area contributed by atoms with Gasteiger partial charge in [0.05, 0.1) is 22.9 Å². The number of aromatic carboxylic acids is 1. The molecular formula is C18H17ClN2O4S. The first kappa shape index (κ1) is 19.7. The third-order valence-corrected chi connectivity index (χ3v) is 3.81. The Morgan fingerprint density at radius 3 is 2.42 bits per heavy atom. The van der Waals surface area contributed by atoms with Crippen molar-refractivity contribution in [3.05, 3.63) is 58.6 Å². The molecule has 0 radical (unpaired) electrons. The molecule has 6 nitrogen and oxygen atoms in total. The number of carbonyl (C=O) groups is 2. The third-order valence-electron chi connectivity index (χ3n) is 3.28. The zero-order valence-electron chi connectivity index (χ0n) is 13.9. The fourth-order valence-electron chi connectivity index (χ4n) is 2.01. The lowest BCUT2D eigenvalue weighted by molar-refractivity contribution is 0.0696. The molecule has 0 aliphatic heterocycles. The minimum absolute atomic E-state index is 0.00532. The van der Waals surface area contributed by atoms with E-state index in [-0.39, 0.29) is 15.7 Å². The Bertz CT molecular complexity index is 824. The normalized spacial score (nSPS) is 10.1. The van der Waals surface area contributed by atoms with Gasteiger partial charge in [0.15, 0.2) is 5.11 Å². The van der Waals surface area contributed by atoms with Crippen LogP contribution in [0.1, 0.15) is 34.1 Å². The Morgan fingerprint density at radius 1 is 1.15 bits per heavy atom. The average molecular weight is 393 g/mol. The molecule has 0 saturated carbocycles. The summed E-state index contributed by atoms with van der Waals surface area (Å²) in [5.41, 5.74) is 0.747. The minimum atomic E-state index is -1.09. The number of hydrogen-bond donors (Lipinski definition) is 3. The van der Waals surface area contributed by atoms with Crippen LogP contribution in [0.4, 0.5) is 5.69 Å². The number of anilines is 1. The summed E-state index contributed by atoms with van der Waals surface area (Å²) in [5.74, 6) is -0.818. The van der Waals surface area contributed by atoms with E-state index < -0.39 is 11.9 Å². The van der Waals surface area contributed by atoms with Crippen molar-refractivity contribution in [2.45, 2.75) is 13.3 Å². The van der Waals surface area contributed by atoms with Crippen LogP contribution < -0.4 is 15.4 Å². The molecule has 0 bridgehead atoms. The maximum atomic E-state index is 12.2. The number of hydrogen-bond acceptors (Lipinski definition) is 4. The van der Waals surface area contributed by atoms with Crippen LogP contribution in [0.25, 0.3) is 0 Å². The van der Waals surface area contributed by atoms with E-state index >= 15 is 0 Å². The van der Waals surface area contributed by atoms with Crippen molar-refractivity contribution in [3.63, 3.8) is 0 Å². The van der Waals surface area contributed by atoms with Gasteiger partial charge in [-0.2, -0.15) is 0 Å². The van der Waals surface area contributed by atoms with Crippen molar-refractivity contribution in [2.24, 2.45) is 0 Å². The van der Waals surface area contributed by atoms with Crippen molar-refractivity contribution in [2.75, 3.05) is 11.9 Å². The Labute approximate surface area is 161 Å². The highest BCUT2D eigenvalue weighted by molar-refractivity contribution is 7.80. The summed E-state index contributed by atoms with van der Waals surface area (Å²) >= 11 is 11.1. The zero-order valence-corrected chi connectivity index (χ0v) is 15.5. The molecule has 0 atom stereocenters. The van der Waals surface area contributed by atoms with Gasteiger partial charge in [-0.3, -0.25) is 10.1 Å². The summed E-state index contributed by atoms with van der Waals surface area (Å²) in [7, 11) is 0. The molecule has 8 heteroatoms. The number of carboxylic acid groups (broad SMARTS) is 1. The number of halogens is 1. The van der Waals surface area contributed by atoms with Gasteiger partial charge in [0.1, 0.15) is 5.75 Å². The Morgan fingerprint density at radius 2 is 1.81 bits per heavy atom. The van der Waals surface area contributed by atoms with Crippen LogP contribution in [0.2, 0.25) is 5.02 Å². The molecule has 2 rings (SSSR count). The molecule has 0 heterocycles. The first-order valence-corrected chi connectivity index (χ1v) is 8.57. The van der Waals surface area contributed by atoms with E-state index in [0.29, 0.717) is 23.6 Å².